The molecule has 0 radical (unpaired) electrons. The molecule has 3 unspecified atom stereocenters. The number of carbonyl (C=O) groups excluding carboxylic acids is 3. The van der Waals surface area contributed by atoms with Crippen LogP contribution in [-0.2, 0) is 16.0 Å². The minimum Gasteiger partial charge on any atom is -0.294 e. The molecule has 200 valence electrons. The van der Waals surface area contributed by atoms with E-state index in [4.69, 9.17) is 0 Å². The fraction of sp³-hybridized carbons (Fsp3) is 0.514. The quantitative estimate of drug-likeness (QED) is 0.385. The average molecular weight is 511 g/mol. The molecule has 0 spiro atoms. The second kappa shape index (κ2) is 8.86. The fourth-order valence-corrected chi connectivity index (χ4v) is 8.60. The van der Waals surface area contributed by atoms with Gasteiger partial charge < -0.3 is 0 Å². The highest BCUT2D eigenvalue weighted by Crippen LogP contribution is 2.66. The third-order valence-electron chi connectivity index (χ3n) is 10.6. The van der Waals surface area contributed by atoms with Crippen LogP contribution in [0, 0.1) is 23.2 Å². The van der Waals surface area contributed by atoms with Crippen LogP contribution in [0.25, 0.3) is 6.08 Å². The molecule has 0 N–H and O–H groups in total. The number of allylic oxidation sites excluding steroid dienone is 7. The minimum atomic E-state index is -0.870. The molecule has 0 amide bonds. The predicted molar refractivity (Wildman–Crippen MR) is 154 cm³/mol. The van der Waals surface area contributed by atoms with Crippen molar-refractivity contribution in [3.05, 3.63) is 73.9 Å². The molecule has 4 aliphatic rings. The van der Waals surface area contributed by atoms with Gasteiger partial charge in [-0.3, -0.25) is 14.4 Å². The van der Waals surface area contributed by atoms with Crippen molar-refractivity contribution in [2.45, 2.75) is 100 Å². The topological polar surface area (TPSA) is 51.2 Å². The molecular formula is C35H42O3. The van der Waals surface area contributed by atoms with Crippen LogP contribution in [0.15, 0.2) is 51.6 Å². The molecule has 0 saturated carbocycles. The van der Waals surface area contributed by atoms with E-state index < -0.39 is 5.41 Å². The zero-order valence-corrected chi connectivity index (χ0v) is 24.5. The van der Waals surface area contributed by atoms with Crippen molar-refractivity contribution < 1.29 is 14.4 Å². The van der Waals surface area contributed by atoms with Gasteiger partial charge in [0.1, 0.15) is 0 Å². The zero-order chi connectivity index (χ0) is 27.8. The standard InChI is InChI=1S/C35H42O3/c1-20-14-15-26(16-21(2)25-12-10-9-11-13-25)27-18-33(6)19-34(7)17-22(3)28(24(5)36)32(38)35(34,8)23(4)30(33)31(37)29(20)27/h12,14-16H,9-11,13,17-19H2,1-8H3/b21-16+. The Morgan fingerprint density at radius 3 is 2.32 bits per heavy atom. The van der Waals surface area contributed by atoms with Gasteiger partial charge in [-0.2, -0.15) is 0 Å². The van der Waals surface area contributed by atoms with Gasteiger partial charge in [0.25, 0.3) is 0 Å². The van der Waals surface area contributed by atoms with E-state index in [2.05, 4.69) is 45.1 Å². The molecule has 1 aromatic rings. The molecule has 0 saturated heterocycles. The molecule has 5 rings (SSSR count). The van der Waals surface area contributed by atoms with Gasteiger partial charge in [0.05, 0.1) is 11.0 Å². The van der Waals surface area contributed by atoms with E-state index in [1.807, 2.05) is 27.7 Å². The molecule has 0 fully saturated rings. The Labute approximate surface area is 228 Å². The molecule has 38 heavy (non-hydrogen) atoms. The van der Waals surface area contributed by atoms with Crippen LogP contribution in [0.4, 0.5) is 0 Å². The Morgan fingerprint density at radius 1 is 0.974 bits per heavy atom. The van der Waals surface area contributed by atoms with Gasteiger partial charge in [-0.05, 0) is 120 Å². The summed E-state index contributed by atoms with van der Waals surface area (Å²) >= 11 is 0. The Bertz CT molecular complexity index is 1430. The van der Waals surface area contributed by atoms with E-state index in [1.54, 1.807) is 0 Å². The lowest BCUT2D eigenvalue weighted by molar-refractivity contribution is -0.134. The number of fused-ring (bicyclic) bond motifs is 3. The summed E-state index contributed by atoms with van der Waals surface area (Å²) in [5.74, 6) is -0.204. The number of aryl methyl sites for hydroxylation is 1. The van der Waals surface area contributed by atoms with Crippen LogP contribution in [0.2, 0.25) is 0 Å². The number of benzene rings is 1. The molecule has 0 bridgehead atoms. The highest BCUT2D eigenvalue weighted by Gasteiger charge is 2.63. The van der Waals surface area contributed by atoms with E-state index in [9.17, 15) is 14.4 Å². The van der Waals surface area contributed by atoms with E-state index in [0.29, 0.717) is 12.0 Å². The van der Waals surface area contributed by atoms with Crippen LogP contribution in [-0.4, -0.2) is 17.3 Å². The second-order valence-electron chi connectivity index (χ2n) is 13.3. The summed E-state index contributed by atoms with van der Waals surface area (Å²) in [6.07, 6.45) is 11.7. The first-order valence-corrected chi connectivity index (χ1v) is 14.3. The molecule has 1 aromatic carbocycles. The molecular weight excluding hydrogens is 468 g/mol. The smallest absolute Gasteiger partial charge is 0.190 e. The molecule has 0 heterocycles. The third-order valence-corrected chi connectivity index (χ3v) is 10.6. The summed E-state index contributed by atoms with van der Waals surface area (Å²) in [5, 5.41) is 0. The summed E-state index contributed by atoms with van der Waals surface area (Å²) in [6, 6.07) is 4.26. The number of ketones is 3. The normalized spacial score (nSPS) is 31.6. The minimum absolute atomic E-state index is 0.0697. The number of hydrogen-bond acceptors (Lipinski definition) is 3. The van der Waals surface area contributed by atoms with Gasteiger partial charge in [0, 0.05) is 16.6 Å². The van der Waals surface area contributed by atoms with Crippen molar-refractivity contribution in [3.63, 3.8) is 0 Å². The van der Waals surface area contributed by atoms with Crippen LogP contribution in [0.5, 0.6) is 0 Å². The van der Waals surface area contributed by atoms with Gasteiger partial charge in [0.2, 0.25) is 0 Å². The molecule has 3 nitrogen and oxygen atoms in total. The maximum Gasteiger partial charge on any atom is 0.190 e. The molecule has 4 aliphatic carbocycles. The van der Waals surface area contributed by atoms with Gasteiger partial charge >= 0.3 is 0 Å². The van der Waals surface area contributed by atoms with E-state index in [1.165, 1.54) is 30.9 Å². The number of Topliss-reactive ketones (excluding diaryl/α,β-unsaturated/α-hetero) is 3. The number of rotatable bonds is 3. The van der Waals surface area contributed by atoms with Crippen molar-refractivity contribution in [2.75, 3.05) is 0 Å². The first-order valence-electron chi connectivity index (χ1n) is 14.3. The molecule has 3 heteroatoms. The molecule has 0 aliphatic heterocycles. The van der Waals surface area contributed by atoms with Gasteiger partial charge in [-0.1, -0.05) is 49.3 Å². The highest BCUT2D eigenvalue weighted by atomic mass is 16.2. The Kier molecular flexibility index (Phi) is 6.25. The summed E-state index contributed by atoms with van der Waals surface area (Å²) in [4.78, 5) is 41.0. The zero-order valence-electron chi connectivity index (χ0n) is 24.5. The first-order chi connectivity index (χ1) is 17.7. The van der Waals surface area contributed by atoms with Crippen LogP contribution < -0.4 is 0 Å². The van der Waals surface area contributed by atoms with Crippen molar-refractivity contribution in [3.8, 4) is 0 Å². The lowest BCUT2D eigenvalue weighted by Gasteiger charge is -2.59. The lowest BCUT2D eigenvalue weighted by atomic mass is 9.42. The summed E-state index contributed by atoms with van der Waals surface area (Å²) < 4.78 is 0. The van der Waals surface area contributed by atoms with E-state index in [-0.39, 0.29) is 28.2 Å². The summed E-state index contributed by atoms with van der Waals surface area (Å²) in [6.45, 7) is 16.1. The average Bonchev–Trinajstić information content (AvgIpc) is 2.83. The monoisotopic (exact) mass is 510 g/mol. The van der Waals surface area contributed by atoms with Crippen molar-refractivity contribution in [2.24, 2.45) is 16.2 Å². The SMILES string of the molecule is CC(=O)C1=C(C)CC2(C)CC3(C)Cc4c(/C=C(\C)C5=CCCCC5)ccc(C)c4C(=O)C3=C(C)C2(C)C1=O. The Morgan fingerprint density at radius 2 is 1.68 bits per heavy atom. The van der Waals surface area contributed by atoms with E-state index in [0.717, 1.165) is 64.7 Å². The number of hydrogen-bond donors (Lipinski definition) is 0. The largest absolute Gasteiger partial charge is 0.294 e. The summed E-state index contributed by atoms with van der Waals surface area (Å²) in [7, 11) is 0. The maximum absolute atomic E-state index is 14.5. The Hall–Kier alpha value is -2.81. The van der Waals surface area contributed by atoms with Crippen LogP contribution in [0.3, 0.4) is 0 Å². The van der Waals surface area contributed by atoms with Crippen LogP contribution in [0.1, 0.15) is 114 Å². The molecule has 3 atom stereocenters. The highest BCUT2D eigenvalue weighted by molar-refractivity contribution is 6.24. The molecule has 0 aromatic heterocycles. The summed E-state index contributed by atoms with van der Waals surface area (Å²) in [5.41, 5.74) is 8.12. The van der Waals surface area contributed by atoms with Crippen molar-refractivity contribution >= 4 is 23.4 Å². The first kappa shape index (κ1) is 26.8. The van der Waals surface area contributed by atoms with Gasteiger partial charge in [-0.15, -0.1) is 0 Å². The second-order valence-corrected chi connectivity index (χ2v) is 13.3. The van der Waals surface area contributed by atoms with Gasteiger partial charge in [-0.25, -0.2) is 0 Å². The fourth-order valence-electron chi connectivity index (χ4n) is 8.60. The Balaban J connectivity index is 1.70. The van der Waals surface area contributed by atoms with Crippen LogP contribution >= 0.6 is 0 Å². The van der Waals surface area contributed by atoms with Crippen molar-refractivity contribution in [1.82, 2.24) is 0 Å². The predicted octanol–water partition coefficient (Wildman–Crippen LogP) is 8.25. The van der Waals surface area contributed by atoms with Gasteiger partial charge in [0.15, 0.2) is 17.3 Å². The third kappa shape index (κ3) is 3.64. The van der Waals surface area contributed by atoms with Crippen molar-refractivity contribution in [1.29, 1.82) is 0 Å². The number of carbonyl (C=O) groups is 3. The van der Waals surface area contributed by atoms with E-state index >= 15 is 0 Å². The maximum atomic E-state index is 14.5. The lowest BCUT2D eigenvalue weighted by Crippen LogP contribution is -2.57.